The molecule has 4 heteroatoms. The molecule has 1 unspecified atom stereocenters. The Morgan fingerprint density at radius 2 is 1.79 bits per heavy atom. The van der Waals surface area contributed by atoms with Gasteiger partial charge in [-0.3, -0.25) is 4.90 Å². The molecule has 0 bridgehead atoms. The minimum absolute atomic E-state index is 0.161. The van der Waals surface area contributed by atoms with Crippen LogP contribution in [-0.4, -0.2) is 24.0 Å². The summed E-state index contributed by atoms with van der Waals surface area (Å²) in [6.07, 6.45) is 5.28. The Balaban J connectivity index is 1.88. The summed E-state index contributed by atoms with van der Waals surface area (Å²) in [5.41, 5.74) is 7.06. The lowest BCUT2D eigenvalue weighted by Crippen LogP contribution is -2.37. The van der Waals surface area contributed by atoms with E-state index < -0.39 is 0 Å². The van der Waals surface area contributed by atoms with Crippen LogP contribution >= 0.6 is 23.2 Å². The summed E-state index contributed by atoms with van der Waals surface area (Å²) in [7, 11) is 0. The van der Waals surface area contributed by atoms with Gasteiger partial charge in [0.1, 0.15) is 0 Å². The number of nitrogens with two attached hydrogens (primary N) is 1. The molecule has 0 aromatic heterocycles. The van der Waals surface area contributed by atoms with Gasteiger partial charge >= 0.3 is 0 Å². The zero-order chi connectivity index (χ0) is 13.4. The Labute approximate surface area is 124 Å². The van der Waals surface area contributed by atoms with Crippen LogP contribution in [0.2, 0.25) is 10.0 Å². The van der Waals surface area contributed by atoms with Gasteiger partial charge in [-0.1, -0.05) is 29.3 Å². The summed E-state index contributed by atoms with van der Waals surface area (Å²) in [4.78, 5) is 2.55. The van der Waals surface area contributed by atoms with Crippen molar-refractivity contribution in [2.45, 2.75) is 37.8 Å². The molecule has 0 spiro atoms. The summed E-state index contributed by atoms with van der Waals surface area (Å²) in [6.45, 7) is 1.72. The molecular formula is C15H20Cl2N2. The molecule has 0 radical (unpaired) electrons. The molecule has 0 saturated heterocycles. The van der Waals surface area contributed by atoms with E-state index in [-0.39, 0.29) is 6.04 Å². The van der Waals surface area contributed by atoms with E-state index >= 15 is 0 Å². The van der Waals surface area contributed by atoms with Crippen LogP contribution in [0.1, 0.15) is 37.3 Å². The van der Waals surface area contributed by atoms with E-state index in [1.165, 1.54) is 25.7 Å². The van der Waals surface area contributed by atoms with Crippen molar-refractivity contribution in [3.8, 4) is 0 Å². The van der Waals surface area contributed by atoms with Crippen LogP contribution < -0.4 is 5.73 Å². The molecule has 0 amide bonds. The van der Waals surface area contributed by atoms with Gasteiger partial charge in [-0.2, -0.15) is 0 Å². The lowest BCUT2D eigenvalue weighted by atomic mass is 10.0. The Kier molecular flexibility index (Phi) is 4.04. The van der Waals surface area contributed by atoms with Crippen LogP contribution in [0.5, 0.6) is 0 Å². The van der Waals surface area contributed by atoms with E-state index in [0.717, 1.165) is 28.1 Å². The SMILES string of the molecule is NCC(c1c(Cl)cccc1Cl)N(CC1CC1)C1CC1. The van der Waals surface area contributed by atoms with Crippen molar-refractivity contribution in [2.75, 3.05) is 13.1 Å². The van der Waals surface area contributed by atoms with E-state index in [1.54, 1.807) is 0 Å². The summed E-state index contributed by atoms with van der Waals surface area (Å²) in [6, 6.07) is 6.56. The maximum Gasteiger partial charge on any atom is 0.0503 e. The van der Waals surface area contributed by atoms with Gasteiger partial charge in [0.15, 0.2) is 0 Å². The molecule has 0 heterocycles. The maximum atomic E-state index is 6.36. The van der Waals surface area contributed by atoms with Crippen molar-refractivity contribution in [1.29, 1.82) is 0 Å². The van der Waals surface area contributed by atoms with Gasteiger partial charge in [-0.05, 0) is 43.7 Å². The lowest BCUT2D eigenvalue weighted by Gasteiger charge is -2.32. The third-order valence-electron chi connectivity index (χ3n) is 4.14. The summed E-state index contributed by atoms with van der Waals surface area (Å²) in [5, 5.41) is 1.48. The lowest BCUT2D eigenvalue weighted by molar-refractivity contribution is 0.183. The highest BCUT2D eigenvalue weighted by Crippen LogP contribution is 2.42. The first-order valence-electron chi connectivity index (χ1n) is 7.10. The number of nitrogens with zero attached hydrogens (tertiary/aromatic N) is 1. The number of halogens is 2. The smallest absolute Gasteiger partial charge is 0.0503 e. The molecule has 3 rings (SSSR count). The van der Waals surface area contributed by atoms with Crippen LogP contribution in [-0.2, 0) is 0 Å². The Bertz CT molecular complexity index is 435. The number of rotatable bonds is 6. The summed E-state index contributed by atoms with van der Waals surface area (Å²) >= 11 is 12.7. The standard InChI is InChI=1S/C15H20Cl2N2/c16-12-2-1-3-13(17)15(12)14(8-18)19(11-6-7-11)9-10-4-5-10/h1-3,10-11,14H,4-9,18H2. The molecule has 19 heavy (non-hydrogen) atoms. The van der Waals surface area contributed by atoms with Crippen molar-refractivity contribution in [3.05, 3.63) is 33.8 Å². The van der Waals surface area contributed by atoms with Crippen LogP contribution in [0.4, 0.5) is 0 Å². The molecule has 2 saturated carbocycles. The third kappa shape index (κ3) is 3.08. The molecule has 2 aliphatic rings. The van der Waals surface area contributed by atoms with Crippen LogP contribution in [0.15, 0.2) is 18.2 Å². The first-order chi connectivity index (χ1) is 9.20. The van der Waals surface area contributed by atoms with Gasteiger partial charge in [0.05, 0.1) is 6.04 Å². The van der Waals surface area contributed by atoms with Crippen molar-refractivity contribution < 1.29 is 0 Å². The van der Waals surface area contributed by atoms with E-state index in [4.69, 9.17) is 28.9 Å². The molecule has 2 fully saturated rings. The molecule has 2 nitrogen and oxygen atoms in total. The fourth-order valence-corrected chi connectivity index (χ4v) is 3.43. The van der Waals surface area contributed by atoms with Gasteiger partial charge in [0.25, 0.3) is 0 Å². The second-order valence-corrected chi connectivity index (χ2v) is 6.57. The van der Waals surface area contributed by atoms with Crippen molar-refractivity contribution in [3.63, 3.8) is 0 Å². The Hall–Kier alpha value is -0.280. The molecule has 2 N–H and O–H groups in total. The Morgan fingerprint density at radius 1 is 1.16 bits per heavy atom. The van der Waals surface area contributed by atoms with E-state index in [0.29, 0.717) is 12.6 Å². The molecule has 104 valence electrons. The average Bonchev–Trinajstić information content (AvgIpc) is 3.26. The van der Waals surface area contributed by atoms with Crippen molar-refractivity contribution in [1.82, 2.24) is 4.90 Å². The number of hydrogen-bond acceptors (Lipinski definition) is 2. The minimum atomic E-state index is 0.161. The second-order valence-electron chi connectivity index (χ2n) is 5.76. The second kappa shape index (κ2) is 5.61. The van der Waals surface area contributed by atoms with Gasteiger partial charge in [-0.25, -0.2) is 0 Å². The third-order valence-corrected chi connectivity index (χ3v) is 4.80. The average molecular weight is 299 g/mol. The molecular weight excluding hydrogens is 279 g/mol. The zero-order valence-corrected chi connectivity index (χ0v) is 12.5. The van der Waals surface area contributed by atoms with Crippen LogP contribution in [0.25, 0.3) is 0 Å². The monoisotopic (exact) mass is 298 g/mol. The predicted molar refractivity (Wildman–Crippen MR) is 80.7 cm³/mol. The van der Waals surface area contributed by atoms with E-state index in [1.807, 2.05) is 18.2 Å². The normalized spacial score (nSPS) is 20.8. The van der Waals surface area contributed by atoms with Crippen LogP contribution in [0.3, 0.4) is 0 Å². The highest BCUT2D eigenvalue weighted by molar-refractivity contribution is 6.36. The first-order valence-corrected chi connectivity index (χ1v) is 7.86. The van der Waals surface area contributed by atoms with Crippen molar-refractivity contribution >= 4 is 23.2 Å². The minimum Gasteiger partial charge on any atom is -0.329 e. The van der Waals surface area contributed by atoms with E-state index in [9.17, 15) is 0 Å². The zero-order valence-electron chi connectivity index (χ0n) is 11.0. The van der Waals surface area contributed by atoms with Gasteiger partial charge in [-0.15, -0.1) is 0 Å². The highest BCUT2D eigenvalue weighted by atomic mass is 35.5. The van der Waals surface area contributed by atoms with Crippen LogP contribution in [0, 0.1) is 5.92 Å². The van der Waals surface area contributed by atoms with Crippen molar-refractivity contribution in [2.24, 2.45) is 11.7 Å². The Morgan fingerprint density at radius 3 is 2.26 bits per heavy atom. The van der Waals surface area contributed by atoms with E-state index in [2.05, 4.69) is 4.90 Å². The molecule has 1 aromatic carbocycles. The molecule has 1 atom stereocenters. The van der Waals surface area contributed by atoms with Gasteiger partial charge < -0.3 is 5.73 Å². The summed E-state index contributed by atoms with van der Waals surface area (Å²) in [5.74, 6) is 0.857. The molecule has 1 aromatic rings. The highest BCUT2D eigenvalue weighted by Gasteiger charge is 2.38. The molecule has 2 aliphatic carbocycles. The predicted octanol–water partition coefficient (Wildman–Crippen LogP) is 3.87. The topological polar surface area (TPSA) is 29.3 Å². The maximum absolute atomic E-state index is 6.36. The fraction of sp³-hybridized carbons (Fsp3) is 0.600. The fourth-order valence-electron chi connectivity index (χ4n) is 2.78. The van der Waals surface area contributed by atoms with Gasteiger partial charge in [0.2, 0.25) is 0 Å². The summed E-state index contributed by atoms with van der Waals surface area (Å²) < 4.78 is 0. The number of hydrogen-bond donors (Lipinski definition) is 1. The first kappa shape index (κ1) is 13.7. The number of benzene rings is 1. The largest absolute Gasteiger partial charge is 0.329 e. The molecule has 0 aliphatic heterocycles. The quantitative estimate of drug-likeness (QED) is 0.864. The van der Waals surface area contributed by atoms with Gasteiger partial charge in [0, 0.05) is 34.7 Å².